The topological polar surface area (TPSA) is 39.7 Å². The molecule has 0 saturated carbocycles. The van der Waals surface area contributed by atoms with Crippen molar-refractivity contribution >= 4 is 0 Å². The first-order valence-electron chi connectivity index (χ1n) is 8.11. The zero-order valence-corrected chi connectivity index (χ0v) is 13.7. The van der Waals surface area contributed by atoms with Gasteiger partial charge >= 0.3 is 0 Å². The fourth-order valence-electron chi connectivity index (χ4n) is 2.59. The van der Waals surface area contributed by atoms with Gasteiger partial charge in [0.2, 0.25) is 0 Å². The largest absolute Gasteiger partial charge is 0.494 e. The lowest BCUT2D eigenvalue weighted by molar-refractivity contribution is 0.171. The smallest absolute Gasteiger partial charge is 0.161 e. The van der Waals surface area contributed by atoms with E-state index < -0.39 is 0 Å². The van der Waals surface area contributed by atoms with E-state index in [1.807, 2.05) is 25.1 Å². The van der Waals surface area contributed by atoms with Crippen LogP contribution in [0.15, 0.2) is 42.5 Å². The average Bonchev–Trinajstić information content (AvgIpc) is 2.60. The molecular weight excluding hydrogens is 290 g/mol. The van der Waals surface area contributed by atoms with E-state index in [0.29, 0.717) is 19.8 Å². The van der Waals surface area contributed by atoms with E-state index in [4.69, 9.17) is 14.2 Å². The minimum absolute atomic E-state index is 0.234. The normalized spacial score (nSPS) is 14.3. The number of hydrogen-bond acceptors (Lipinski definition) is 4. The lowest BCUT2D eigenvalue weighted by atomic mass is 10.1. The summed E-state index contributed by atoms with van der Waals surface area (Å²) >= 11 is 0. The third-order valence-electron chi connectivity index (χ3n) is 3.91. The molecule has 0 aromatic heterocycles. The quantitative estimate of drug-likeness (QED) is 0.882. The molecule has 1 aliphatic rings. The van der Waals surface area contributed by atoms with Crippen LogP contribution in [0.3, 0.4) is 0 Å². The van der Waals surface area contributed by atoms with Crippen molar-refractivity contribution in [2.24, 2.45) is 0 Å². The SMILES string of the molecule is CCOc1ccc(CNC(C)c2ccc3c(c2)OCCO3)cc1. The Morgan fingerprint density at radius 1 is 1.04 bits per heavy atom. The molecule has 1 atom stereocenters. The van der Waals surface area contributed by atoms with Gasteiger partial charge in [0.15, 0.2) is 11.5 Å². The molecule has 1 N–H and O–H groups in total. The summed E-state index contributed by atoms with van der Waals surface area (Å²) in [6.45, 7) is 6.88. The van der Waals surface area contributed by atoms with Crippen molar-refractivity contribution in [3.8, 4) is 17.2 Å². The minimum atomic E-state index is 0.234. The summed E-state index contributed by atoms with van der Waals surface area (Å²) in [5.41, 5.74) is 2.43. The highest BCUT2D eigenvalue weighted by atomic mass is 16.6. The Morgan fingerprint density at radius 2 is 1.78 bits per heavy atom. The number of benzene rings is 2. The predicted octanol–water partition coefficient (Wildman–Crippen LogP) is 3.71. The third kappa shape index (κ3) is 3.96. The summed E-state index contributed by atoms with van der Waals surface area (Å²) in [6, 6.07) is 14.6. The van der Waals surface area contributed by atoms with Crippen LogP contribution in [0.25, 0.3) is 0 Å². The summed E-state index contributed by atoms with van der Waals surface area (Å²) < 4.78 is 16.7. The first-order chi connectivity index (χ1) is 11.3. The maximum Gasteiger partial charge on any atom is 0.161 e. The van der Waals surface area contributed by atoms with Crippen molar-refractivity contribution in [2.45, 2.75) is 26.4 Å². The van der Waals surface area contributed by atoms with Crippen LogP contribution < -0.4 is 19.5 Å². The van der Waals surface area contributed by atoms with Crippen molar-refractivity contribution in [1.82, 2.24) is 5.32 Å². The van der Waals surface area contributed by atoms with Gasteiger partial charge in [-0.1, -0.05) is 18.2 Å². The van der Waals surface area contributed by atoms with E-state index in [1.54, 1.807) is 0 Å². The van der Waals surface area contributed by atoms with E-state index in [1.165, 1.54) is 11.1 Å². The first kappa shape index (κ1) is 15.7. The van der Waals surface area contributed by atoms with Crippen LogP contribution in [-0.2, 0) is 6.54 Å². The fraction of sp³-hybridized carbons (Fsp3) is 0.368. The first-order valence-corrected chi connectivity index (χ1v) is 8.11. The number of rotatable bonds is 6. The number of nitrogens with one attached hydrogen (secondary N) is 1. The second-order valence-corrected chi connectivity index (χ2v) is 5.58. The molecular formula is C19H23NO3. The van der Waals surface area contributed by atoms with E-state index in [0.717, 1.165) is 23.8 Å². The molecule has 0 saturated heterocycles. The Morgan fingerprint density at radius 3 is 2.52 bits per heavy atom. The minimum Gasteiger partial charge on any atom is -0.494 e. The molecule has 23 heavy (non-hydrogen) atoms. The van der Waals surface area contributed by atoms with Gasteiger partial charge in [-0.3, -0.25) is 0 Å². The summed E-state index contributed by atoms with van der Waals surface area (Å²) in [6.07, 6.45) is 0. The van der Waals surface area contributed by atoms with Crippen molar-refractivity contribution in [3.63, 3.8) is 0 Å². The standard InChI is InChI=1S/C19H23NO3/c1-3-21-17-7-4-15(5-8-17)13-20-14(2)16-6-9-18-19(12-16)23-11-10-22-18/h4-9,12,14,20H,3,10-11,13H2,1-2H3. The number of ether oxygens (including phenoxy) is 3. The van der Waals surface area contributed by atoms with Gasteiger partial charge < -0.3 is 19.5 Å². The molecule has 0 spiro atoms. The Kier molecular flexibility index (Phi) is 5.03. The van der Waals surface area contributed by atoms with Gasteiger partial charge in [0.25, 0.3) is 0 Å². The van der Waals surface area contributed by atoms with Gasteiger partial charge in [0.1, 0.15) is 19.0 Å². The van der Waals surface area contributed by atoms with E-state index in [-0.39, 0.29) is 6.04 Å². The molecule has 0 radical (unpaired) electrons. The highest BCUT2D eigenvalue weighted by Gasteiger charge is 2.14. The molecule has 4 heteroatoms. The fourth-order valence-corrected chi connectivity index (χ4v) is 2.59. The van der Waals surface area contributed by atoms with Crippen molar-refractivity contribution in [1.29, 1.82) is 0 Å². The van der Waals surface area contributed by atoms with Gasteiger partial charge in [0.05, 0.1) is 6.61 Å². The van der Waals surface area contributed by atoms with Gasteiger partial charge in [0, 0.05) is 12.6 Å². The van der Waals surface area contributed by atoms with Crippen LogP contribution in [0.1, 0.15) is 31.0 Å². The third-order valence-corrected chi connectivity index (χ3v) is 3.91. The van der Waals surface area contributed by atoms with Gasteiger partial charge in [-0.15, -0.1) is 0 Å². The second-order valence-electron chi connectivity index (χ2n) is 5.58. The molecule has 2 aromatic carbocycles. The van der Waals surface area contributed by atoms with E-state index in [9.17, 15) is 0 Å². The zero-order valence-electron chi connectivity index (χ0n) is 13.7. The highest BCUT2D eigenvalue weighted by Crippen LogP contribution is 2.32. The van der Waals surface area contributed by atoms with Crippen molar-refractivity contribution in [2.75, 3.05) is 19.8 Å². The Labute approximate surface area is 137 Å². The van der Waals surface area contributed by atoms with Crippen LogP contribution in [0.2, 0.25) is 0 Å². The van der Waals surface area contributed by atoms with Crippen molar-refractivity contribution in [3.05, 3.63) is 53.6 Å². The summed E-state index contributed by atoms with van der Waals surface area (Å²) in [7, 11) is 0. The van der Waals surface area contributed by atoms with E-state index in [2.05, 4.69) is 36.5 Å². The maximum absolute atomic E-state index is 5.65. The lowest BCUT2D eigenvalue weighted by Crippen LogP contribution is -2.19. The van der Waals surface area contributed by atoms with Gasteiger partial charge in [-0.05, 0) is 49.2 Å². The molecule has 1 unspecified atom stereocenters. The van der Waals surface area contributed by atoms with Crippen LogP contribution in [0.4, 0.5) is 0 Å². The second kappa shape index (κ2) is 7.38. The maximum atomic E-state index is 5.65. The summed E-state index contributed by atoms with van der Waals surface area (Å²) in [5, 5.41) is 3.54. The molecule has 122 valence electrons. The molecule has 4 nitrogen and oxygen atoms in total. The average molecular weight is 313 g/mol. The number of fused-ring (bicyclic) bond motifs is 1. The summed E-state index contributed by atoms with van der Waals surface area (Å²) in [4.78, 5) is 0. The van der Waals surface area contributed by atoms with Gasteiger partial charge in [-0.2, -0.15) is 0 Å². The summed E-state index contributed by atoms with van der Waals surface area (Å²) in [5.74, 6) is 2.58. The predicted molar refractivity (Wildman–Crippen MR) is 90.3 cm³/mol. The molecule has 0 aliphatic carbocycles. The molecule has 0 fully saturated rings. The van der Waals surface area contributed by atoms with Crippen LogP contribution >= 0.6 is 0 Å². The van der Waals surface area contributed by atoms with Crippen LogP contribution in [0, 0.1) is 0 Å². The lowest BCUT2D eigenvalue weighted by Gasteiger charge is -2.21. The molecule has 0 bridgehead atoms. The highest BCUT2D eigenvalue weighted by molar-refractivity contribution is 5.44. The van der Waals surface area contributed by atoms with E-state index >= 15 is 0 Å². The Bertz CT molecular complexity index is 640. The van der Waals surface area contributed by atoms with Crippen LogP contribution in [-0.4, -0.2) is 19.8 Å². The van der Waals surface area contributed by atoms with Gasteiger partial charge in [-0.25, -0.2) is 0 Å². The molecule has 3 rings (SSSR count). The molecule has 1 aliphatic heterocycles. The molecule has 1 heterocycles. The monoisotopic (exact) mass is 313 g/mol. The molecule has 0 amide bonds. The number of hydrogen-bond donors (Lipinski definition) is 1. The Balaban J connectivity index is 1.59. The zero-order chi connectivity index (χ0) is 16.1. The van der Waals surface area contributed by atoms with Crippen LogP contribution in [0.5, 0.6) is 17.2 Å². The van der Waals surface area contributed by atoms with Crippen molar-refractivity contribution < 1.29 is 14.2 Å². The molecule has 2 aromatic rings. The Hall–Kier alpha value is -2.20.